The Hall–Kier alpha value is -3.33. The van der Waals surface area contributed by atoms with Crippen molar-refractivity contribution in [1.82, 2.24) is 15.2 Å². The second kappa shape index (κ2) is 11.2. The van der Waals surface area contributed by atoms with Gasteiger partial charge in [0.25, 0.3) is 0 Å². The Bertz CT molecular complexity index is 1020. The van der Waals surface area contributed by atoms with Crippen molar-refractivity contribution in [3.8, 4) is 0 Å². The zero-order chi connectivity index (χ0) is 24.7. The van der Waals surface area contributed by atoms with Crippen LogP contribution in [0.25, 0.3) is 0 Å². The van der Waals surface area contributed by atoms with Crippen LogP contribution in [0.5, 0.6) is 0 Å². The topological polar surface area (TPSA) is 97.8 Å². The zero-order valence-electron chi connectivity index (χ0n) is 19.5. The highest BCUT2D eigenvalue weighted by Crippen LogP contribution is 2.26. The number of β-lactam (4-membered cyclic amide) rings is 1. The van der Waals surface area contributed by atoms with Crippen molar-refractivity contribution in [3.05, 3.63) is 66.0 Å². The van der Waals surface area contributed by atoms with E-state index in [4.69, 9.17) is 21.7 Å². The predicted octanol–water partition coefficient (Wildman–Crippen LogP) is 3.43. The number of hydrogen-bond donors (Lipinski definition) is 1. The van der Waals surface area contributed by atoms with Crippen molar-refractivity contribution in [2.75, 3.05) is 6.54 Å². The maximum Gasteiger partial charge on any atom is 0.408 e. The molecule has 2 heterocycles. The molecule has 0 saturated carbocycles. The molecule has 9 heteroatoms. The first kappa shape index (κ1) is 25.3. The van der Waals surface area contributed by atoms with Gasteiger partial charge in [0, 0.05) is 11.1 Å². The van der Waals surface area contributed by atoms with Crippen molar-refractivity contribution in [2.24, 2.45) is 0 Å². The summed E-state index contributed by atoms with van der Waals surface area (Å²) in [7, 11) is 0. The fraction of sp³-hybridized carbons (Fsp3) is 0.400. The fourth-order valence-electron chi connectivity index (χ4n) is 3.62. The van der Waals surface area contributed by atoms with Crippen LogP contribution in [0.2, 0.25) is 0 Å². The van der Waals surface area contributed by atoms with Gasteiger partial charge in [-0.05, 0) is 51.3 Å². The average Bonchev–Trinajstić information content (AvgIpc) is 2.81. The lowest BCUT2D eigenvalue weighted by Crippen LogP contribution is -2.71. The van der Waals surface area contributed by atoms with E-state index in [2.05, 4.69) is 10.3 Å². The summed E-state index contributed by atoms with van der Waals surface area (Å²) in [6, 6.07) is 13.5. The number of esters is 1. The minimum absolute atomic E-state index is 0.0869. The van der Waals surface area contributed by atoms with Gasteiger partial charge in [-0.3, -0.25) is 14.6 Å². The molecule has 1 saturated heterocycles. The minimum Gasteiger partial charge on any atom is -0.459 e. The second-order valence-corrected chi connectivity index (χ2v) is 9.47. The summed E-state index contributed by atoms with van der Waals surface area (Å²) in [5.41, 5.74) is 0.856. The molecule has 8 nitrogen and oxygen atoms in total. The standard InChI is InChI=1S/C25H29N3O5S/c1-25(2,3)33-21(29)15-28-19(12-13-20(34)18-11-7-8-14-26-18)22(23(28)30)27-24(31)32-16-17-9-5-4-6-10-17/h4-11,14,19,22H,12-13,15-16H2,1-3H3,(H,27,31)/t19-,22+/m0/s1. The van der Waals surface area contributed by atoms with E-state index in [9.17, 15) is 14.4 Å². The average molecular weight is 484 g/mol. The van der Waals surface area contributed by atoms with E-state index in [0.717, 1.165) is 5.56 Å². The molecule has 1 aliphatic heterocycles. The third kappa shape index (κ3) is 7.08. The molecule has 0 radical (unpaired) electrons. The first-order chi connectivity index (χ1) is 16.1. The second-order valence-electron chi connectivity index (χ2n) is 8.98. The number of likely N-dealkylation sites (tertiary alicyclic amines) is 1. The Morgan fingerprint density at radius 2 is 1.82 bits per heavy atom. The van der Waals surface area contributed by atoms with Crippen LogP contribution in [-0.4, -0.2) is 56.9 Å². The number of carbonyl (C=O) groups excluding carboxylic acids is 3. The lowest BCUT2D eigenvalue weighted by molar-refractivity contribution is -0.167. The first-order valence-corrected chi connectivity index (χ1v) is 11.5. The van der Waals surface area contributed by atoms with Crippen LogP contribution >= 0.6 is 12.2 Å². The fourth-order valence-corrected chi connectivity index (χ4v) is 3.86. The van der Waals surface area contributed by atoms with E-state index in [1.54, 1.807) is 33.0 Å². The monoisotopic (exact) mass is 483 g/mol. The molecule has 180 valence electrons. The summed E-state index contributed by atoms with van der Waals surface area (Å²) in [6.45, 7) is 5.17. The zero-order valence-corrected chi connectivity index (χ0v) is 20.3. The Balaban J connectivity index is 1.62. The summed E-state index contributed by atoms with van der Waals surface area (Å²) in [5, 5.41) is 2.64. The van der Waals surface area contributed by atoms with Crippen LogP contribution in [-0.2, 0) is 25.7 Å². The number of amides is 2. The number of rotatable bonds is 9. The lowest BCUT2D eigenvalue weighted by atomic mass is 9.90. The molecule has 0 spiro atoms. The van der Waals surface area contributed by atoms with Gasteiger partial charge < -0.3 is 19.7 Å². The SMILES string of the molecule is CC(C)(C)OC(=O)CN1C(=O)[C@H](NC(=O)OCc2ccccc2)[C@@H]1CCC(=S)c1ccccn1. The van der Waals surface area contributed by atoms with Gasteiger partial charge in [0.05, 0.1) is 11.7 Å². The molecule has 3 rings (SSSR count). The number of nitrogens with one attached hydrogen (secondary N) is 1. The van der Waals surface area contributed by atoms with E-state index in [1.165, 1.54) is 4.90 Å². The van der Waals surface area contributed by atoms with Gasteiger partial charge in [0.2, 0.25) is 5.91 Å². The van der Waals surface area contributed by atoms with Gasteiger partial charge in [-0.15, -0.1) is 0 Å². The number of pyridine rings is 1. The van der Waals surface area contributed by atoms with Gasteiger partial charge in [0.1, 0.15) is 24.8 Å². The molecular weight excluding hydrogens is 454 g/mol. The largest absolute Gasteiger partial charge is 0.459 e. The van der Waals surface area contributed by atoms with E-state index >= 15 is 0 Å². The van der Waals surface area contributed by atoms with Crippen molar-refractivity contribution < 1.29 is 23.9 Å². The molecule has 0 unspecified atom stereocenters. The van der Waals surface area contributed by atoms with Crippen molar-refractivity contribution in [3.63, 3.8) is 0 Å². The maximum absolute atomic E-state index is 12.8. The molecule has 1 fully saturated rings. The summed E-state index contributed by atoms with van der Waals surface area (Å²) >= 11 is 5.49. The quantitative estimate of drug-likeness (QED) is 0.253. The van der Waals surface area contributed by atoms with E-state index in [0.29, 0.717) is 23.4 Å². The van der Waals surface area contributed by atoms with Gasteiger partial charge in [-0.1, -0.05) is 48.6 Å². The number of carbonyl (C=O) groups is 3. The maximum atomic E-state index is 12.8. The van der Waals surface area contributed by atoms with Crippen LogP contribution in [0.4, 0.5) is 4.79 Å². The third-order valence-corrected chi connectivity index (χ3v) is 5.57. The number of thiocarbonyl (C=S) groups is 1. The van der Waals surface area contributed by atoms with Gasteiger partial charge in [0.15, 0.2) is 0 Å². The van der Waals surface area contributed by atoms with E-state index < -0.39 is 29.7 Å². The Kier molecular flexibility index (Phi) is 8.33. The minimum atomic E-state index is -0.808. The molecular formula is C25H29N3O5S. The predicted molar refractivity (Wildman–Crippen MR) is 130 cm³/mol. The Morgan fingerprint density at radius 3 is 2.47 bits per heavy atom. The number of ether oxygens (including phenoxy) is 2. The number of benzene rings is 1. The molecule has 1 aromatic heterocycles. The summed E-state index contributed by atoms with van der Waals surface area (Å²) in [5.74, 6) is -0.875. The van der Waals surface area contributed by atoms with Gasteiger partial charge in [-0.2, -0.15) is 0 Å². The molecule has 2 atom stereocenters. The molecule has 0 aliphatic carbocycles. The van der Waals surface area contributed by atoms with Crippen LogP contribution in [0, 0.1) is 0 Å². The molecule has 2 aromatic rings. The van der Waals surface area contributed by atoms with E-state index in [-0.39, 0.29) is 19.1 Å². The van der Waals surface area contributed by atoms with Crippen LogP contribution in [0.15, 0.2) is 54.7 Å². The summed E-state index contributed by atoms with van der Waals surface area (Å²) in [4.78, 5) is 43.8. The molecule has 2 amide bonds. The number of nitrogens with zero attached hydrogens (tertiary/aromatic N) is 2. The van der Waals surface area contributed by atoms with Crippen LogP contribution in [0.1, 0.15) is 44.9 Å². The van der Waals surface area contributed by atoms with Crippen molar-refractivity contribution in [1.29, 1.82) is 0 Å². The third-order valence-electron chi connectivity index (χ3n) is 5.16. The summed E-state index contributed by atoms with van der Waals surface area (Å²) < 4.78 is 10.6. The molecule has 1 aliphatic rings. The van der Waals surface area contributed by atoms with Crippen molar-refractivity contribution in [2.45, 2.75) is 57.9 Å². The number of aromatic nitrogens is 1. The smallest absolute Gasteiger partial charge is 0.408 e. The van der Waals surface area contributed by atoms with Crippen LogP contribution in [0.3, 0.4) is 0 Å². The number of alkyl carbamates (subject to hydrolysis) is 1. The number of hydrogen-bond acceptors (Lipinski definition) is 7. The van der Waals surface area contributed by atoms with Gasteiger partial charge >= 0.3 is 12.1 Å². The molecule has 1 N–H and O–H groups in total. The normalized spacial score (nSPS) is 17.5. The molecule has 1 aromatic carbocycles. The van der Waals surface area contributed by atoms with Crippen molar-refractivity contribution >= 4 is 35.1 Å². The highest BCUT2D eigenvalue weighted by molar-refractivity contribution is 7.80. The first-order valence-electron chi connectivity index (χ1n) is 11.1. The molecule has 0 bridgehead atoms. The van der Waals surface area contributed by atoms with Gasteiger partial charge in [-0.25, -0.2) is 4.79 Å². The van der Waals surface area contributed by atoms with E-state index in [1.807, 2.05) is 42.5 Å². The molecule has 34 heavy (non-hydrogen) atoms. The Labute approximate surface area is 204 Å². The lowest BCUT2D eigenvalue weighted by Gasteiger charge is -2.46. The Morgan fingerprint density at radius 1 is 1.12 bits per heavy atom. The highest BCUT2D eigenvalue weighted by atomic mass is 32.1. The van der Waals surface area contributed by atoms with Crippen LogP contribution < -0.4 is 5.32 Å². The summed E-state index contributed by atoms with van der Waals surface area (Å²) in [6.07, 6.45) is 1.88. The highest BCUT2D eigenvalue weighted by Gasteiger charge is 2.49.